The highest BCUT2D eigenvalue weighted by Crippen LogP contribution is 2.16. The third-order valence-corrected chi connectivity index (χ3v) is 5.15. The van der Waals surface area contributed by atoms with E-state index in [-0.39, 0.29) is 17.0 Å². The minimum atomic E-state index is -3.22. The number of hydrogen-bond donors (Lipinski definition) is 2. The lowest BCUT2D eigenvalue weighted by Gasteiger charge is -2.15. The quantitative estimate of drug-likeness (QED) is 0.806. The van der Waals surface area contributed by atoms with Crippen molar-refractivity contribution < 1.29 is 13.2 Å². The van der Waals surface area contributed by atoms with Gasteiger partial charge in [-0.05, 0) is 48.7 Å². The number of nitrogens with one attached hydrogen (secondary N) is 2. The molecule has 0 saturated heterocycles. The second kappa shape index (κ2) is 8.36. The molecule has 7 heteroatoms. The highest BCUT2D eigenvalue weighted by atomic mass is 35.5. The van der Waals surface area contributed by atoms with Gasteiger partial charge in [0, 0.05) is 17.8 Å². The molecule has 134 valence electrons. The molecule has 0 unspecified atom stereocenters. The number of carbonyl (C=O) groups is 1. The molecular weight excluding hydrogens is 360 g/mol. The highest BCUT2D eigenvalue weighted by molar-refractivity contribution is 7.90. The average Bonchev–Trinajstić information content (AvgIpc) is 2.56. The van der Waals surface area contributed by atoms with Gasteiger partial charge in [0.05, 0.1) is 10.9 Å². The van der Waals surface area contributed by atoms with E-state index in [4.69, 9.17) is 11.6 Å². The Kier molecular flexibility index (Phi) is 6.45. The minimum Gasteiger partial charge on any atom is -0.338 e. The molecule has 25 heavy (non-hydrogen) atoms. The van der Waals surface area contributed by atoms with E-state index in [0.717, 1.165) is 17.4 Å². The first kappa shape index (κ1) is 19.3. The van der Waals surface area contributed by atoms with Crippen molar-refractivity contribution in [1.82, 2.24) is 10.6 Å². The maximum Gasteiger partial charge on any atom is 0.315 e. The Morgan fingerprint density at radius 1 is 1.08 bits per heavy atom. The Morgan fingerprint density at radius 3 is 2.24 bits per heavy atom. The van der Waals surface area contributed by atoms with Gasteiger partial charge in [-0.25, -0.2) is 13.2 Å². The van der Waals surface area contributed by atoms with Gasteiger partial charge in [0.15, 0.2) is 9.84 Å². The number of halogens is 1. The molecule has 0 saturated carbocycles. The van der Waals surface area contributed by atoms with Crippen LogP contribution in [0.2, 0.25) is 5.02 Å². The molecular formula is C18H21ClN2O3S. The molecule has 0 aliphatic rings. The van der Waals surface area contributed by atoms with Crippen molar-refractivity contribution in [1.29, 1.82) is 0 Å². The topological polar surface area (TPSA) is 75.3 Å². The van der Waals surface area contributed by atoms with Gasteiger partial charge >= 0.3 is 6.03 Å². The number of carbonyl (C=O) groups excluding carboxylic acids is 1. The molecule has 2 aromatic carbocycles. The molecule has 0 aliphatic carbocycles. The molecule has 5 nitrogen and oxygen atoms in total. The summed E-state index contributed by atoms with van der Waals surface area (Å²) in [4.78, 5) is 12.2. The van der Waals surface area contributed by atoms with Gasteiger partial charge in [-0.2, -0.15) is 0 Å². The van der Waals surface area contributed by atoms with E-state index in [0.29, 0.717) is 18.0 Å². The summed E-state index contributed by atoms with van der Waals surface area (Å²) in [6.07, 6.45) is 1.87. The molecule has 2 rings (SSSR count). The van der Waals surface area contributed by atoms with Crippen LogP contribution in [0.4, 0.5) is 4.79 Å². The van der Waals surface area contributed by atoms with Gasteiger partial charge in [-0.1, -0.05) is 35.9 Å². The third kappa shape index (κ3) is 6.07. The van der Waals surface area contributed by atoms with Crippen LogP contribution in [0, 0.1) is 0 Å². The van der Waals surface area contributed by atoms with Crippen LogP contribution in [-0.2, 0) is 16.3 Å². The predicted octanol–water partition coefficient (Wildman–Crippen LogP) is 3.35. The molecule has 1 atom stereocenters. The zero-order valence-electron chi connectivity index (χ0n) is 14.1. The van der Waals surface area contributed by atoms with E-state index in [1.54, 1.807) is 24.3 Å². The number of sulfone groups is 1. The number of amides is 2. The third-order valence-electron chi connectivity index (χ3n) is 3.77. The predicted molar refractivity (Wildman–Crippen MR) is 99.7 cm³/mol. The molecule has 0 aromatic heterocycles. The van der Waals surface area contributed by atoms with Gasteiger partial charge < -0.3 is 10.6 Å². The van der Waals surface area contributed by atoms with Crippen LogP contribution in [0.5, 0.6) is 0 Å². The molecule has 0 heterocycles. The van der Waals surface area contributed by atoms with E-state index in [1.165, 1.54) is 0 Å². The zero-order chi connectivity index (χ0) is 18.4. The summed E-state index contributed by atoms with van der Waals surface area (Å²) in [5.41, 5.74) is 1.93. The van der Waals surface area contributed by atoms with Crippen molar-refractivity contribution >= 4 is 27.5 Å². The summed E-state index contributed by atoms with van der Waals surface area (Å²) < 4.78 is 22.9. The number of hydrogen-bond acceptors (Lipinski definition) is 3. The van der Waals surface area contributed by atoms with Crippen molar-refractivity contribution in [3.05, 3.63) is 64.7 Å². The first-order valence-electron chi connectivity index (χ1n) is 7.84. The van der Waals surface area contributed by atoms with Crippen molar-refractivity contribution in [3.8, 4) is 0 Å². The zero-order valence-corrected chi connectivity index (χ0v) is 15.7. The molecule has 2 amide bonds. The molecule has 0 bridgehead atoms. The van der Waals surface area contributed by atoms with Crippen LogP contribution >= 0.6 is 11.6 Å². The lowest BCUT2D eigenvalue weighted by Crippen LogP contribution is -2.38. The monoisotopic (exact) mass is 380 g/mol. The summed E-state index contributed by atoms with van der Waals surface area (Å²) in [5, 5.41) is 6.32. The van der Waals surface area contributed by atoms with Crippen molar-refractivity contribution in [2.75, 3.05) is 12.8 Å². The van der Waals surface area contributed by atoms with Crippen LogP contribution < -0.4 is 10.6 Å². The summed E-state index contributed by atoms with van der Waals surface area (Å²) in [6.45, 7) is 2.35. The Labute approximate surface area is 153 Å². The van der Waals surface area contributed by atoms with E-state index in [2.05, 4.69) is 10.6 Å². The Bertz CT molecular complexity index is 818. The summed E-state index contributed by atoms with van der Waals surface area (Å²) in [6, 6.07) is 13.5. The van der Waals surface area contributed by atoms with E-state index < -0.39 is 9.84 Å². The largest absolute Gasteiger partial charge is 0.338 e. The maximum atomic E-state index is 12.0. The first-order valence-corrected chi connectivity index (χ1v) is 10.1. The van der Waals surface area contributed by atoms with Crippen LogP contribution in [0.15, 0.2) is 53.4 Å². The van der Waals surface area contributed by atoms with Crippen LogP contribution in [0.1, 0.15) is 24.1 Å². The molecule has 2 N–H and O–H groups in total. The normalized spacial score (nSPS) is 12.4. The smallest absolute Gasteiger partial charge is 0.315 e. The fourth-order valence-corrected chi connectivity index (χ4v) is 3.06. The van der Waals surface area contributed by atoms with Crippen LogP contribution in [0.3, 0.4) is 0 Å². The lowest BCUT2D eigenvalue weighted by atomic mass is 10.1. The van der Waals surface area contributed by atoms with Crippen LogP contribution in [0.25, 0.3) is 0 Å². The molecule has 0 fully saturated rings. The molecule has 2 aromatic rings. The standard InChI is InChI=1S/C18H21ClN2O3S/c1-13(15-5-9-17(10-6-15)25(2,23)24)21-18(22)20-12-11-14-3-7-16(19)8-4-14/h3-10,13H,11-12H2,1-2H3,(H2,20,21,22)/t13-/m1/s1. The van der Waals surface area contributed by atoms with Gasteiger partial charge in [-0.15, -0.1) is 0 Å². The fourth-order valence-electron chi connectivity index (χ4n) is 2.31. The SMILES string of the molecule is C[C@@H](NC(=O)NCCc1ccc(Cl)cc1)c1ccc(S(C)(=O)=O)cc1. The molecule has 0 aliphatic heterocycles. The Hall–Kier alpha value is -2.05. The Morgan fingerprint density at radius 2 is 1.68 bits per heavy atom. The summed E-state index contributed by atoms with van der Waals surface area (Å²) in [5.74, 6) is 0. The highest BCUT2D eigenvalue weighted by Gasteiger charge is 2.11. The number of rotatable bonds is 6. The van der Waals surface area contributed by atoms with Gasteiger partial charge in [0.25, 0.3) is 0 Å². The average molecular weight is 381 g/mol. The van der Waals surface area contributed by atoms with Crippen LogP contribution in [-0.4, -0.2) is 27.2 Å². The van der Waals surface area contributed by atoms with E-state index in [9.17, 15) is 13.2 Å². The Balaban J connectivity index is 1.82. The van der Waals surface area contributed by atoms with Crippen molar-refractivity contribution in [3.63, 3.8) is 0 Å². The van der Waals surface area contributed by atoms with Gasteiger partial charge in [0.1, 0.15) is 0 Å². The van der Waals surface area contributed by atoms with Gasteiger partial charge in [-0.3, -0.25) is 0 Å². The van der Waals surface area contributed by atoms with Gasteiger partial charge in [0.2, 0.25) is 0 Å². The maximum absolute atomic E-state index is 12.0. The lowest BCUT2D eigenvalue weighted by molar-refractivity contribution is 0.238. The summed E-state index contributed by atoms with van der Waals surface area (Å²) in [7, 11) is -3.22. The number of urea groups is 1. The first-order chi connectivity index (χ1) is 11.8. The minimum absolute atomic E-state index is 0.232. The van der Waals surface area contributed by atoms with Crippen molar-refractivity contribution in [2.45, 2.75) is 24.3 Å². The summed E-state index contributed by atoms with van der Waals surface area (Å²) >= 11 is 5.83. The molecule has 0 radical (unpaired) electrons. The fraction of sp³-hybridized carbons (Fsp3) is 0.278. The second-order valence-electron chi connectivity index (χ2n) is 5.84. The molecule has 0 spiro atoms. The van der Waals surface area contributed by atoms with E-state index >= 15 is 0 Å². The van der Waals surface area contributed by atoms with E-state index in [1.807, 2.05) is 31.2 Å². The second-order valence-corrected chi connectivity index (χ2v) is 8.29. The number of benzene rings is 2. The van der Waals surface area contributed by atoms with Crippen molar-refractivity contribution in [2.24, 2.45) is 0 Å².